The first-order valence-corrected chi connectivity index (χ1v) is 6.96. The molecule has 0 unspecified atom stereocenters. The summed E-state index contributed by atoms with van der Waals surface area (Å²) in [7, 11) is 0. The zero-order valence-corrected chi connectivity index (χ0v) is 12.3. The molecule has 0 radical (unpaired) electrons. The van der Waals surface area contributed by atoms with Crippen LogP contribution in [0, 0.1) is 0 Å². The third kappa shape index (κ3) is 3.38. The van der Waals surface area contributed by atoms with Gasteiger partial charge in [0.2, 0.25) is 5.91 Å². The molecule has 1 fully saturated rings. The molecule has 1 saturated heterocycles. The van der Waals surface area contributed by atoms with Crippen LogP contribution in [0.5, 0.6) is 0 Å². The quantitative estimate of drug-likeness (QED) is 0.797. The minimum atomic E-state index is -0.634. The number of carbonyl (C=O) groups is 2. The molecule has 0 aliphatic carbocycles. The third-order valence-corrected chi connectivity index (χ3v) is 3.17. The molecule has 20 heavy (non-hydrogen) atoms. The average Bonchev–Trinajstić information content (AvgIpc) is 2.75. The lowest BCUT2D eigenvalue weighted by atomic mass is 10.1. The minimum absolute atomic E-state index is 0.0183. The second-order valence-electron chi connectivity index (χ2n) is 6.04. The summed E-state index contributed by atoms with van der Waals surface area (Å²) in [6, 6.07) is 8.72. The lowest BCUT2D eigenvalue weighted by Crippen LogP contribution is -2.38. The van der Waals surface area contributed by atoms with E-state index in [2.05, 4.69) is 0 Å². The summed E-state index contributed by atoms with van der Waals surface area (Å²) in [6.07, 6.45) is 1.30. The van der Waals surface area contributed by atoms with Crippen LogP contribution in [0.2, 0.25) is 0 Å². The summed E-state index contributed by atoms with van der Waals surface area (Å²) in [6.45, 7) is 6.11. The van der Waals surface area contributed by atoms with Crippen molar-refractivity contribution in [3.05, 3.63) is 35.9 Å². The van der Waals surface area contributed by atoms with Crippen LogP contribution in [0.3, 0.4) is 0 Å². The number of amides is 1. The van der Waals surface area contributed by atoms with Crippen LogP contribution in [-0.4, -0.2) is 28.9 Å². The SMILES string of the molecule is CC(C)(C)OC(=O)[C@@H](c1ccccc1)N1CCCC1=O. The first-order chi connectivity index (χ1) is 9.38. The van der Waals surface area contributed by atoms with E-state index >= 15 is 0 Å². The Kier molecular flexibility index (Phi) is 4.12. The fraction of sp³-hybridized carbons (Fsp3) is 0.500. The highest BCUT2D eigenvalue weighted by atomic mass is 16.6. The predicted octanol–water partition coefficient (Wildman–Crippen LogP) is 2.69. The molecular weight excluding hydrogens is 254 g/mol. The number of benzene rings is 1. The van der Waals surface area contributed by atoms with Crippen molar-refractivity contribution in [2.24, 2.45) is 0 Å². The maximum atomic E-state index is 12.5. The fourth-order valence-electron chi connectivity index (χ4n) is 2.38. The van der Waals surface area contributed by atoms with Crippen LogP contribution in [0.25, 0.3) is 0 Å². The summed E-state index contributed by atoms with van der Waals surface area (Å²) in [5, 5.41) is 0. The largest absolute Gasteiger partial charge is 0.458 e. The number of esters is 1. The summed E-state index contributed by atoms with van der Waals surface area (Å²) >= 11 is 0. The smallest absolute Gasteiger partial charge is 0.334 e. The number of ether oxygens (including phenoxy) is 1. The molecule has 1 amide bonds. The van der Waals surface area contributed by atoms with E-state index in [4.69, 9.17) is 4.74 Å². The molecule has 4 nitrogen and oxygen atoms in total. The Morgan fingerprint density at radius 2 is 1.90 bits per heavy atom. The van der Waals surface area contributed by atoms with Gasteiger partial charge in [0.25, 0.3) is 0 Å². The van der Waals surface area contributed by atoms with Crippen molar-refractivity contribution in [2.75, 3.05) is 6.54 Å². The minimum Gasteiger partial charge on any atom is -0.458 e. The molecule has 2 rings (SSSR count). The normalized spacial score (nSPS) is 17.1. The molecule has 1 aliphatic heterocycles. The molecule has 0 saturated carbocycles. The van der Waals surface area contributed by atoms with E-state index in [9.17, 15) is 9.59 Å². The number of hydrogen-bond donors (Lipinski definition) is 0. The van der Waals surface area contributed by atoms with Gasteiger partial charge in [-0.1, -0.05) is 30.3 Å². The van der Waals surface area contributed by atoms with Crippen molar-refractivity contribution in [3.8, 4) is 0 Å². The number of carbonyl (C=O) groups excluding carboxylic acids is 2. The zero-order chi connectivity index (χ0) is 14.8. The second kappa shape index (κ2) is 5.65. The molecule has 0 spiro atoms. The molecule has 1 aromatic carbocycles. The third-order valence-electron chi connectivity index (χ3n) is 3.17. The van der Waals surface area contributed by atoms with Crippen molar-refractivity contribution >= 4 is 11.9 Å². The van der Waals surface area contributed by atoms with Crippen molar-refractivity contribution in [1.29, 1.82) is 0 Å². The van der Waals surface area contributed by atoms with E-state index in [-0.39, 0.29) is 11.9 Å². The van der Waals surface area contributed by atoms with Gasteiger partial charge in [-0.05, 0) is 32.8 Å². The zero-order valence-electron chi connectivity index (χ0n) is 12.3. The monoisotopic (exact) mass is 275 g/mol. The Morgan fingerprint density at radius 1 is 1.25 bits per heavy atom. The van der Waals surface area contributed by atoms with Gasteiger partial charge >= 0.3 is 5.97 Å². The van der Waals surface area contributed by atoms with E-state index in [1.807, 2.05) is 51.1 Å². The molecule has 1 heterocycles. The van der Waals surface area contributed by atoms with Crippen molar-refractivity contribution in [2.45, 2.75) is 45.3 Å². The molecule has 1 atom stereocenters. The van der Waals surface area contributed by atoms with Crippen LogP contribution in [0.1, 0.15) is 45.2 Å². The first kappa shape index (κ1) is 14.6. The Labute approximate surface area is 119 Å². The van der Waals surface area contributed by atoms with Gasteiger partial charge in [0.15, 0.2) is 6.04 Å². The Morgan fingerprint density at radius 3 is 2.40 bits per heavy atom. The van der Waals surface area contributed by atoms with E-state index < -0.39 is 11.6 Å². The molecule has 4 heteroatoms. The average molecular weight is 275 g/mol. The van der Waals surface area contributed by atoms with Gasteiger partial charge in [-0.25, -0.2) is 4.79 Å². The Balaban J connectivity index is 2.29. The highest BCUT2D eigenvalue weighted by Gasteiger charge is 2.36. The van der Waals surface area contributed by atoms with Crippen LogP contribution >= 0.6 is 0 Å². The molecule has 0 N–H and O–H groups in total. The summed E-state index contributed by atoms with van der Waals surface area (Å²) in [5.41, 5.74) is 0.240. The van der Waals surface area contributed by atoms with Crippen molar-refractivity contribution in [1.82, 2.24) is 4.90 Å². The fourth-order valence-corrected chi connectivity index (χ4v) is 2.38. The van der Waals surface area contributed by atoms with Gasteiger partial charge in [0.1, 0.15) is 5.60 Å². The lowest BCUT2D eigenvalue weighted by Gasteiger charge is -2.30. The van der Waals surface area contributed by atoms with Crippen LogP contribution in [-0.2, 0) is 14.3 Å². The molecule has 108 valence electrons. The Bertz CT molecular complexity index is 490. The van der Waals surface area contributed by atoms with E-state index in [0.717, 1.165) is 12.0 Å². The van der Waals surface area contributed by atoms with Gasteiger partial charge in [-0.3, -0.25) is 4.79 Å². The van der Waals surface area contributed by atoms with Gasteiger partial charge in [-0.15, -0.1) is 0 Å². The molecule has 0 aromatic heterocycles. The van der Waals surface area contributed by atoms with Crippen LogP contribution < -0.4 is 0 Å². The first-order valence-electron chi connectivity index (χ1n) is 6.96. The van der Waals surface area contributed by atoms with E-state index in [1.165, 1.54) is 0 Å². The topological polar surface area (TPSA) is 46.6 Å². The van der Waals surface area contributed by atoms with E-state index in [0.29, 0.717) is 13.0 Å². The predicted molar refractivity (Wildman–Crippen MR) is 76.0 cm³/mol. The number of rotatable bonds is 3. The molecule has 1 aromatic rings. The second-order valence-corrected chi connectivity index (χ2v) is 6.04. The van der Waals surface area contributed by atoms with Crippen LogP contribution in [0.4, 0.5) is 0 Å². The highest BCUT2D eigenvalue weighted by molar-refractivity contribution is 5.86. The van der Waals surface area contributed by atoms with Gasteiger partial charge < -0.3 is 9.64 Å². The summed E-state index contributed by atoms with van der Waals surface area (Å²) in [4.78, 5) is 26.1. The van der Waals surface area contributed by atoms with Crippen molar-refractivity contribution in [3.63, 3.8) is 0 Å². The number of hydrogen-bond acceptors (Lipinski definition) is 3. The maximum absolute atomic E-state index is 12.5. The van der Waals surface area contributed by atoms with Gasteiger partial charge in [-0.2, -0.15) is 0 Å². The summed E-state index contributed by atoms with van der Waals surface area (Å²) in [5.74, 6) is -0.344. The van der Waals surface area contributed by atoms with Gasteiger partial charge in [0.05, 0.1) is 0 Å². The van der Waals surface area contributed by atoms with Gasteiger partial charge in [0, 0.05) is 13.0 Å². The van der Waals surface area contributed by atoms with E-state index in [1.54, 1.807) is 4.90 Å². The number of nitrogens with zero attached hydrogens (tertiary/aromatic N) is 1. The van der Waals surface area contributed by atoms with Crippen LogP contribution in [0.15, 0.2) is 30.3 Å². The maximum Gasteiger partial charge on any atom is 0.334 e. The Hall–Kier alpha value is -1.84. The molecular formula is C16H21NO3. The van der Waals surface area contributed by atoms with Crippen molar-refractivity contribution < 1.29 is 14.3 Å². The molecule has 1 aliphatic rings. The summed E-state index contributed by atoms with van der Waals surface area (Å²) < 4.78 is 5.48. The highest BCUT2D eigenvalue weighted by Crippen LogP contribution is 2.28. The number of likely N-dealkylation sites (tertiary alicyclic amines) is 1. The standard InChI is InChI=1S/C16H21NO3/c1-16(2,3)20-15(19)14(12-8-5-4-6-9-12)17-11-7-10-13(17)18/h4-6,8-9,14H,7,10-11H2,1-3H3/t14-/m1/s1. The lowest BCUT2D eigenvalue weighted by molar-refractivity contribution is -0.164. The molecule has 0 bridgehead atoms.